The summed E-state index contributed by atoms with van der Waals surface area (Å²) in [6, 6.07) is 11.2. The summed E-state index contributed by atoms with van der Waals surface area (Å²) in [6.07, 6.45) is 3.62. The number of methoxy groups -OCH3 is 2. The number of hydrogen-bond donors (Lipinski definition) is 2. The van der Waals surface area contributed by atoms with Crippen molar-refractivity contribution in [1.82, 2.24) is 0 Å². The van der Waals surface area contributed by atoms with E-state index in [1.807, 2.05) is 18.2 Å². The second-order valence-corrected chi connectivity index (χ2v) is 6.84. The van der Waals surface area contributed by atoms with Gasteiger partial charge in [-0.3, -0.25) is 4.79 Å². The van der Waals surface area contributed by atoms with E-state index in [1.54, 1.807) is 32.4 Å². The minimum atomic E-state index is -0.227. The summed E-state index contributed by atoms with van der Waals surface area (Å²) in [4.78, 5) is 14.9. The van der Waals surface area contributed by atoms with Crippen LogP contribution in [0.5, 0.6) is 11.5 Å². The zero-order valence-corrected chi connectivity index (χ0v) is 16.1. The van der Waals surface area contributed by atoms with Crippen LogP contribution in [0.4, 0.5) is 17.1 Å². The lowest BCUT2D eigenvalue weighted by molar-refractivity contribution is 0.102. The van der Waals surface area contributed by atoms with Crippen LogP contribution in [0, 0.1) is 0 Å². The maximum atomic E-state index is 12.6. The predicted octanol–water partition coefficient (Wildman–Crippen LogP) is 3.92. The first-order chi connectivity index (χ1) is 13.0. The van der Waals surface area contributed by atoms with Gasteiger partial charge < -0.3 is 25.4 Å². The molecule has 27 heavy (non-hydrogen) atoms. The van der Waals surface area contributed by atoms with E-state index in [4.69, 9.17) is 15.2 Å². The highest BCUT2D eigenvalue weighted by atomic mass is 16.5. The summed E-state index contributed by atoms with van der Waals surface area (Å²) in [7, 11) is 3.10. The van der Waals surface area contributed by atoms with E-state index in [0.717, 1.165) is 12.2 Å². The van der Waals surface area contributed by atoms with Crippen molar-refractivity contribution < 1.29 is 14.3 Å². The quantitative estimate of drug-likeness (QED) is 0.781. The van der Waals surface area contributed by atoms with Crippen molar-refractivity contribution in [1.29, 1.82) is 0 Å². The summed E-state index contributed by atoms with van der Waals surface area (Å²) >= 11 is 0. The van der Waals surface area contributed by atoms with E-state index in [0.29, 0.717) is 34.5 Å². The third kappa shape index (κ3) is 4.10. The Kier molecular flexibility index (Phi) is 5.74. The molecule has 6 nitrogen and oxygen atoms in total. The van der Waals surface area contributed by atoms with Crippen LogP contribution in [0.3, 0.4) is 0 Å². The molecule has 1 amide bonds. The molecular formula is C21H27N3O3. The van der Waals surface area contributed by atoms with Gasteiger partial charge >= 0.3 is 0 Å². The van der Waals surface area contributed by atoms with Gasteiger partial charge in [-0.2, -0.15) is 0 Å². The average Bonchev–Trinajstić information content (AvgIpc) is 2.68. The van der Waals surface area contributed by atoms with E-state index < -0.39 is 0 Å². The Labute approximate surface area is 160 Å². The molecule has 1 saturated heterocycles. The topological polar surface area (TPSA) is 76.8 Å². The van der Waals surface area contributed by atoms with Crippen LogP contribution in [0.15, 0.2) is 36.4 Å². The van der Waals surface area contributed by atoms with Crippen molar-refractivity contribution >= 4 is 23.0 Å². The normalized spacial score (nSPS) is 16.7. The Morgan fingerprint density at radius 2 is 1.89 bits per heavy atom. The molecule has 2 aromatic carbocycles. The van der Waals surface area contributed by atoms with E-state index in [-0.39, 0.29) is 5.91 Å². The first kappa shape index (κ1) is 18.9. The second kappa shape index (κ2) is 8.20. The number of nitrogens with two attached hydrogens (primary N) is 1. The second-order valence-electron chi connectivity index (χ2n) is 6.84. The third-order valence-electron chi connectivity index (χ3n) is 5.04. The van der Waals surface area contributed by atoms with Gasteiger partial charge in [-0.05, 0) is 62.6 Å². The minimum Gasteiger partial charge on any atom is -0.493 e. The molecule has 1 unspecified atom stereocenters. The standard InChI is InChI=1S/C21H27N3O3/c1-14-6-4-5-11-24(14)18-9-8-16(13-17(18)22)23-21(25)15-7-10-19(26-2)20(12-15)27-3/h7-10,12-14H,4-6,11,22H2,1-3H3,(H,23,25). The van der Waals surface area contributed by atoms with Crippen LogP contribution in [-0.4, -0.2) is 32.7 Å². The van der Waals surface area contributed by atoms with Gasteiger partial charge in [-0.15, -0.1) is 0 Å². The number of amides is 1. The zero-order valence-electron chi connectivity index (χ0n) is 16.1. The lowest BCUT2D eigenvalue weighted by Gasteiger charge is -2.36. The molecule has 1 aliphatic heterocycles. The van der Waals surface area contributed by atoms with Crippen LogP contribution < -0.4 is 25.4 Å². The molecule has 0 aromatic heterocycles. The summed E-state index contributed by atoms with van der Waals surface area (Å²) in [5.74, 6) is 0.867. The Hall–Kier alpha value is -2.89. The molecule has 3 N–H and O–H groups in total. The lowest BCUT2D eigenvalue weighted by atomic mass is 10.0. The number of ether oxygens (including phenoxy) is 2. The zero-order chi connectivity index (χ0) is 19.4. The molecule has 0 aliphatic carbocycles. The first-order valence-electron chi connectivity index (χ1n) is 9.23. The average molecular weight is 369 g/mol. The molecule has 1 heterocycles. The largest absolute Gasteiger partial charge is 0.493 e. The molecule has 0 saturated carbocycles. The van der Waals surface area contributed by atoms with Crippen LogP contribution in [0.25, 0.3) is 0 Å². The molecule has 2 aromatic rings. The van der Waals surface area contributed by atoms with Gasteiger partial charge in [0.2, 0.25) is 0 Å². The van der Waals surface area contributed by atoms with Gasteiger partial charge in [0.25, 0.3) is 5.91 Å². The summed E-state index contributed by atoms with van der Waals surface area (Å²) < 4.78 is 10.5. The van der Waals surface area contributed by atoms with Crippen molar-refractivity contribution in [3.8, 4) is 11.5 Å². The number of benzene rings is 2. The summed E-state index contributed by atoms with van der Waals surface area (Å²) in [5.41, 5.74) is 9.14. The molecule has 0 bridgehead atoms. The fraction of sp³-hybridized carbons (Fsp3) is 0.381. The van der Waals surface area contributed by atoms with Crippen molar-refractivity contribution in [2.75, 3.05) is 36.7 Å². The van der Waals surface area contributed by atoms with E-state index in [9.17, 15) is 4.79 Å². The Morgan fingerprint density at radius 1 is 1.11 bits per heavy atom. The van der Waals surface area contributed by atoms with Crippen LogP contribution in [0.2, 0.25) is 0 Å². The van der Waals surface area contributed by atoms with Gasteiger partial charge in [0, 0.05) is 23.8 Å². The van der Waals surface area contributed by atoms with Crippen LogP contribution >= 0.6 is 0 Å². The lowest BCUT2D eigenvalue weighted by Crippen LogP contribution is -2.37. The smallest absolute Gasteiger partial charge is 0.255 e. The van der Waals surface area contributed by atoms with Crippen molar-refractivity contribution in [3.05, 3.63) is 42.0 Å². The van der Waals surface area contributed by atoms with Crippen molar-refractivity contribution in [2.45, 2.75) is 32.2 Å². The van der Waals surface area contributed by atoms with Gasteiger partial charge in [-0.25, -0.2) is 0 Å². The van der Waals surface area contributed by atoms with Gasteiger partial charge in [0.05, 0.1) is 25.6 Å². The Morgan fingerprint density at radius 3 is 2.56 bits per heavy atom. The SMILES string of the molecule is COc1ccc(C(=O)Nc2ccc(N3CCCCC3C)c(N)c2)cc1OC. The highest BCUT2D eigenvalue weighted by Gasteiger charge is 2.20. The van der Waals surface area contributed by atoms with Gasteiger partial charge in [-0.1, -0.05) is 0 Å². The molecule has 144 valence electrons. The molecule has 0 spiro atoms. The minimum absolute atomic E-state index is 0.227. The van der Waals surface area contributed by atoms with Gasteiger partial charge in [0.15, 0.2) is 11.5 Å². The highest BCUT2D eigenvalue weighted by molar-refractivity contribution is 6.05. The summed E-state index contributed by atoms with van der Waals surface area (Å²) in [6.45, 7) is 3.24. The number of rotatable bonds is 5. The van der Waals surface area contributed by atoms with Crippen LogP contribution in [0.1, 0.15) is 36.5 Å². The Balaban J connectivity index is 1.76. The predicted molar refractivity (Wildman–Crippen MR) is 109 cm³/mol. The number of anilines is 3. The monoisotopic (exact) mass is 369 g/mol. The number of carbonyl (C=O) groups is 1. The number of nitrogens with one attached hydrogen (secondary N) is 1. The number of piperidine rings is 1. The maximum Gasteiger partial charge on any atom is 0.255 e. The van der Waals surface area contributed by atoms with E-state index in [2.05, 4.69) is 17.1 Å². The third-order valence-corrected chi connectivity index (χ3v) is 5.04. The Bertz CT molecular complexity index is 822. The molecule has 1 fully saturated rings. The molecular weight excluding hydrogens is 342 g/mol. The fourth-order valence-electron chi connectivity index (χ4n) is 3.53. The molecule has 0 radical (unpaired) electrons. The number of hydrogen-bond acceptors (Lipinski definition) is 5. The number of nitrogen functional groups attached to an aromatic ring is 1. The van der Waals surface area contributed by atoms with Crippen molar-refractivity contribution in [3.63, 3.8) is 0 Å². The number of nitrogens with zero attached hydrogens (tertiary/aromatic N) is 1. The molecule has 3 rings (SSSR count). The number of carbonyl (C=O) groups excluding carboxylic acids is 1. The van der Waals surface area contributed by atoms with E-state index >= 15 is 0 Å². The van der Waals surface area contributed by atoms with Crippen LogP contribution in [-0.2, 0) is 0 Å². The highest BCUT2D eigenvalue weighted by Crippen LogP contribution is 2.32. The van der Waals surface area contributed by atoms with E-state index in [1.165, 1.54) is 19.3 Å². The van der Waals surface area contributed by atoms with Gasteiger partial charge in [0.1, 0.15) is 0 Å². The molecule has 6 heteroatoms. The van der Waals surface area contributed by atoms with Crippen molar-refractivity contribution in [2.24, 2.45) is 0 Å². The summed E-state index contributed by atoms with van der Waals surface area (Å²) in [5, 5.41) is 2.90. The first-order valence-corrected chi connectivity index (χ1v) is 9.23. The molecule has 1 atom stereocenters. The maximum absolute atomic E-state index is 12.6. The fourth-order valence-corrected chi connectivity index (χ4v) is 3.53. The molecule has 1 aliphatic rings.